The van der Waals surface area contributed by atoms with Crippen molar-refractivity contribution in [1.82, 2.24) is 25.3 Å². The fourth-order valence-corrected chi connectivity index (χ4v) is 3.84. The Bertz CT molecular complexity index is 1130. The fourth-order valence-electron chi connectivity index (χ4n) is 3.84. The highest BCUT2D eigenvalue weighted by molar-refractivity contribution is 5.88. The summed E-state index contributed by atoms with van der Waals surface area (Å²) in [5, 5.41) is 10.0. The van der Waals surface area contributed by atoms with E-state index in [4.69, 9.17) is 4.74 Å². The van der Waals surface area contributed by atoms with Crippen molar-refractivity contribution in [2.24, 2.45) is 0 Å². The second-order valence-corrected chi connectivity index (χ2v) is 7.88. The molecule has 0 aliphatic carbocycles. The van der Waals surface area contributed by atoms with Gasteiger partial charge in [0.15, 0.2) is 0 Å². The van der Waals surface area contributed by atoms with Crippen molar-refractivity contribution in [2.45, 2.75) is 25.6 Å². The van der Waals surface area contributed by atoms with Gasteiger partial charge in [-0.2, -0.15) is 5.10 Å². The summed E-state index contributed by atoms with van der Waals surface area (Å²) in [5.74, 6) is -0.0294. The molecular formula is C24H26FN5O3. The summed E-state index contributed by atoms with van der Waals surface area (Å²) in [6.07, 6.45) is 3.53. The Morgan fingerprint density at radius 2 is 2.09 bits per heavy atom. The van der Waals surface area contributed by atoms with E-state index in [1.165, 1.54) is 12.1 Å². The summed E-state index contributed by atoms with van der Waals surface area (Å²) in [6.45, 7) is 1.78. The molecule has 172 valence electrons. The first kappa shape index (κ1) is 22.5. The van der Waals surface area contributed by atoms with E-state index in [9.17, 15) is 14.0 Å². The van der Waals surface area contributed by atoms with Crippen LogP contribution in [0.3, 0.4) is 0 Å². The van der Waals surface area contributed by atoms with Gasteiger partial charge in [0, 0.05) is 44.0 Å². The third-order valence-corrected chi connectivity index (χ3v) is 5.54. The van der Waals surface area contributed by atoms with Gasteiger partial charge in [0.25, 0.3) is 0 Å². The summed E-state index contributed by atoms with van der Waals surface area (Å²) in [4.78, 5) is 27.0. The molecule has 1 aromatic heterocycles. The lowest BCUT2D eigenvalue weighted by Crippen LogP contribution is -2.56. The van der Waals surface area contributed by atoms with Crippen molar-refractivity contribution in [3.63, 3.8) is 0 Å². The Kier molecular flexibility index (Phi) is 6.99. The van der Waals surface area contributed by atoms with Crippen molar-refractivity contribution in [1.29, 1.82) is 0 Å². The molecule has 0 radical (unpaired) electrons. The molecular weight excluding hydrogens is 425 g/mol. The monoisotopic (exact) mass is 451 g/mol. The van der Waals surface area contributed by atoms with Crippen LogP contribution in [-0.2, 0) is 22.7 Å². The highest BCUT2D eigenvalue weighted by atomic mass is 19.1. The maximum absolute atomic E-state index is 13.5. The molecule has 2 amide bonds. The molecule has 2 N–H and O–H groups in total. The number of ether oxygens (including phenoxy) is 1. The van der Waals surface area contributed by atoms with Gasteiger partial charge >= 0.3 is 0 Å². The van der Waals surface area contributed by atoms with Gasteiger partial charge in [0.2, 0.25) is 11.8 Å². The van der Waals surface area contributed by atoms with E-state index < -0.39 is 6.04 Å². The van der Waals surface area contributed by atoms with Gasteiger partial charge in [-0.1, -0.05) is 18.2 Å². The van der Waals surface area contributed by atoms with Crippen molar-refractivity contribution >= 4 is 11.8 Å². The van der Waals surface area contributed by atoms with Crippen LogP contribution in [-0.4, -0.2) is 52.7 Å². The Labute approximate surface area is 191 Å². The third kappa shape index (κ3) is 5.75. The molecule has 1 aliphatic rings. The molecule has 1 atom stereocenters. The second-order valence-electron chi connectivity index (χ2n) is 7.88. The molecule has 2 aromatic carbocycles. The summed E-state index contributed by atoms with van der Waals surface area (Å²) >= 11 is 0. The highest BCUT2D eigenvalue weighted by Crippen LogP contribution is 2.17. The number of halogens is 1. The van der Waals surface area contributed by atoms with E-state index in [0.29, 0.717) is 26.2 Å². The van der Waals surface area contributed by atoms with Crippen LogP contribution in [0.2, 0.25) is 0 Å². The smallest absolute Gasteiger partial charge is 0.237 e. The number of carbonyl (C=O) groups is 2. The molecule has 1 aliphatic heterocycles. The average Bonchev–Trinajstić information content (AvgIpc) is 3.29. The lowest BCUT2D eigenvalue weighted by molar-refractivity contribution is -0.134. The largest absolute Gasteiger partial charge is 0.497 e. The van der Waals surface area contributed by atoms with E-state index in [2.05, 4.69) is 15.7 Å². The third-order valence-electron chi connectivity index (χ3n) is 5.54. The molecule has 0 unspecified atom stereocenters. The first-order valence-corrected chi connectivity index (χ1v) is 10.7. The van der Waals surface area contributed by atoms with Gasteiger partial charge in [-0.15, -0.1) is 0 Å². The first-order valence-electron chi connectivity index (χ1n) is 10.7. The van der Waals surface area contributed by atoms with E-state index in [0.717, 1.165) is 22.6 Å². The molecule has 4 rings (SSSR count). The van der Waals surface area contributed by atoms with Crippen LogP contribution in [0.4, 0.5) is 4.39 Å². The summed E-state index contributed by atoms with van der Waals surface area (Å²) in [7, 11) is 1.61. The predicted octanol–water partition coefficient (Wildman–Crippen LogP) is 2.03. The topological polar surface area (TPSA) is 88.5 Å². The van der Waals surface area contributed by atoms with Gasteiger partial charge < -0.3 is 15.4 Å². The molecule has 9 heteroatoms. The summed E-state index contributed by atoms with van der Waals surface area (Å²) in [6, 6.07) is 13.2. The van der Waals surface area contributed by atoms with E-state index in [-0.39, 0.29) is 24.1 Å². The number of carbonyl (C=O) groups excluding carboxylic acids is 2. The van der Waals surface area contributed by atoms with Gasteiger partial charge in [-0.05, 0) is 29.8 Å². The number of aromatic nitrogens is 2. The normalized spacial score (nSPS) is 16.3. The first-order chi connectivity index (χ1) is 16.0. The number of nitrogens with one attached hydrogen (secondary N) is 2. The molecule has 2 heterocycles. The molecule has 0 spiro atoms. The Morgan fingerprint density at radius 3 is 2.91 bits per heavy atom. The zero-order valence-corrected chi connectivity index (χ0v) is 18.3. The standard InChI is InChI=1S/C24H26FN5O3/c1-33-21-7-3-6-20(11-21)30-16-18(14-28-30)13-27-23(31)12-22-24(32)26-8-9-29(22)15-17-4-2-5-19(25)10-17/h2-7,10-11,14,16,22H,8-9,12-13,15H2,1H3,(H,26,32)(H,27,31)/t22-/m1/s1. The van der Waals surface area contributed by atoms with Gasteiger partial charge in [0.1, 0.15) is 11.6 Å². The zero-order chi connectivity index (χ0) is 23.2. The van der Waals surface area contributed by atoms with E-state index in [1.807, 2.05) is 41.4 Å². The lowest BCUT2D eigenvalue weighted by Gasteiger charge is -2.34. The minimum absolute atomic E-state index is 0.0190. The van der Waals surface area contributed by atoms with Crippen LogP contribution < -0.4 is 15.4 Å². The molecule has 0 saturated carbocycles. The highest BCUT2D eigenvalue weighted by Gasteiger charge is 2.31. The molecule has 1 saturated heterocycles. The van der Waals surface area contributed by atoms with Crippen molar-refractivity contribution in [3.8, 4) is 11.4 Å². The molecule has 1 fully saturated rings. The summed E-state index contributed by atoms with van der Waals surface area (Å²) < 4.78 is 20.5. The van der Waals surface area contributed by atoms with Crippen LogP contribution in [0.25, 0.3) is 5.69 Å². The van der Waals surface area contributed by atoms with Crippen molar-refractivity contribution in [2.75, 3.05) is 20.2 Å². The quantitative estimate of drug-likeness (QED) is 0.547. The van der Waals surface area contributed by atoms with Crippen molar-refractivity contribution in [3.05, 3.63) is 77.9 Å². The number of hydrogen-bond donors (Lipinski definition) is 2. The molecule has 0 bridgehead atoms. The SMILES string of the molecule is COc1cccc(-n2cc(CNC(=O)C[C@@H]3C(=O)NCCN3Cc3cccc(F)c3)cn2)c1. The lowest BCUT2D eigenvalue weighted by atomic mass is 10.1. The van der Waals surface area contributed by atoms with Crippen LogP contribution in [0.5, 0.6) is 5.75 Å². The van der Waals surface area contributed by atoms with Crippen LogP contribution >= 0.6 is 0 Å². The van der Waals surface area contributed by atoms with Crippen LogP contribution in [0, 0.1) is 5.82 Å². The molecule has 3 aromatic rings. The summed E-state index contributed by atoms with van der Waals surface area (Å²) in [5.41, 5.74) is 2.44. The maximum Gasteiger partial charge on any atom is 0.237 e. The minimum atomic E-state index is -0.610. The number of hydrogen-bond acceptors (Lipinski definition) is 5. The van der Waals surface area contributed by atoms with Crippen LogP contribution in [0.15, 0.2) is 60.9 Å². The molecule has 33 heavy (non-hydrogen) atoms. The Balaban J connectivity index is 1.35. The maximum atomic E-state index is 13.5. The number of rotatable bonds is 8. The van der Waals surface area contributed by atoms with Crippen molar-refractivity contribution < 1.29 is 18.7 Å². The number of piperazine rings is 1. The predicted molar refractivity (Wildman–Crippen MR) is 120 cm³/mol. The van der Waals surface area contributed by atoms with Gasteiger partial charge in [-0.25, -0.2) is 9.07 Å². The molecule has 8 nitrogen and oxygen atoms in total. The zero-order valence-electron chi connectivity index (χ0n) is 18.3. The number of nitrogens with zero attached hydrogens (tertiary/aromatic N) is 3. The second kappa shape index (κ2) is 10.3. The van der Waals surface area contributed by atoms with E-state index >= 15 is 0 Å². The Hall–Kier alpha value is -3.72. The Morgan fingerprint density at radius 1 is 1.24 bits per heavy atom. The average molecular weight is 452 g/mol. The number of amides is 2. The minimum Gasteiger partial charge on any atom is -0.497 e. The van der Waals surface area contributed by atoms with Gasteiger partial charge in [-0.3, -0.25) is 14.5 Å². The fraction of sp³-hybridized carbons (Fsp3) is 0.292. The number of benzene rings is 2. The number of methoxy groups -OCH3 is 1. The van der Waals surface area contributed by atoms with Gasteiger partial charge in [0.05, 0.1) is 31.5 Å². The van der Waals surface area contributed by atoms with E-state index in [1.54, 1.807) is 24.1 Å². The van der Waals surface area contributed by atoms with Crippen LogP contribution in [0.1, 0.15) is 17.5 Å².